The van der Waals surface area contributed by atoms with E-state index in [0.717, 1.165) is 25.7 Å². The summed E-state index contributed by atoms with van der Waals surface area (Å²) in [6.07, 6.45) is 4.58. The molecule has 5 heteroatoms. The largest absolute Gasteiger partial charge is 0.388 e. The molecule has 1 saturated carbocycles. The maximum absolute atomic E-state index is 12.0. The van der Waals surface area contributed by atoms with E-state index in [1.54, 1.807) is 0 Å². The van der Waals surface area contributed by atoms with Gasteiger partial charge in [-0.1, -0.05) is 6.92 Å². The number of piperidine rings is 1. The predicted molar refractivity (Wildman–Crippen MR) is 71.3 cm³/mol. The lowest BCUT2D eigenvalue weighted by molar-refractivity contribution is -0.130. The summed E-state index contributed by atoms with van der Waals surface area (Å²) in [4.78, 5) is 23.0. The second-order valence-corrected chi connectivity index (χ2v) is 6.16. The molecule has 2 fully saturated rings. The van der Waals surface area contributed by atoms with E-state index in [-0.39, 0.29) is 17.7 Å². The van der Waals surface area contributed by atoms with E-state index in [1.165, 1.54) is 0 Å². The van der Waals surface area contributed by atoms with Gasteiger partial charge >= 0.3 is 0 Å². The summed E-state index contributed by atoms with van der Waals surface area (Å²) in [6.45, 7) is 2.95. The van der Waals surface area contributed by atoms with E-state index < -0.39 is 5.60 Å². The fourth-order valence-electron chi connectivity index (χ4n) is 2.83. The summed E-state index contributed by atoms with van der Waals surface area (Å²) in [5.41, 5.74) is -0.736. The number of nitrogens with one attached hydrogen (secondary N) is 2. The predicted octanol–water partition coefficient (Wildman–Crippen LogP) is 0.570. The quantitative estimate of drug-likeness (QED) is 0.700. The van der Waals surface area contributed by atoms with Crippen molar-refractivity contribution in [3.63, 3.8) is 0 Å². The third-order valence-electron chi connectivity index (χ3n) is 4.43. The van der Waals surface area contributed by atoms with Crippen LogP contribution in [0.3, 0.4) is 0 Å². The number of aliphatic hydroxyl groups is 1. The first-order valence-corrected chi connectivity index (χ1v) is 7.25. The zero-order chi connectivity index (χ0) is 13.9. The molecule has 0 spiro atoms. The van der Waals surface area contributed by atoms with Gasteiger partial charge in [-0.05, 0) is 38.0 Å². The van der Waals surface area contributed by atoms with Crippen molar-refractivity contribution in [2.45, 2.75) is 51.0 Å². The molecule has 1 aliphatic carbocycles. The normalized spacial score (nSPS) is 35.6. The van der Waals surface area contributed by atoms with E-state index in [2.05, 4.69) is 17.6 Å². The summed E-state index contributed by atoms with van der Waals surface area (Å²) < 4.78 is 0. The van der Waals surface area contributed by atoms with Gasteiger partial charge in [-0.25, -0.2) is 0 Å². The molecule has 1 atom stereocenters. The fourth-order valence-corrected chi connectivity index (χ4v) is 2.83. The van der Waals surface area contributed by atoms with Crippen molar-refractivity contribution in [1.29, 1.82) is 0 Å². The average Bonchev–Trinajstić information content (AvgIpc) is 2.41. The van der Waals surface area contributed by atoms with E-state index in [0.29, 0.717) is 31.8 Å². The molecule has 19 heavy (non-hydrogen) atoms. The van der Waals surface area contributed by atoms with Crippen molar-refractivity contribution in [2.75, 3.05) is 13.1 Å². The van der Waals surface area contributed by atoms with Crippen LogP contribution in [-0.2, 0) is 9.59 Å². The molecule has 0 bridgehead atoms. The molecule has 0 radical (unpaired) electrons. The molecule has 2 aliphatic rings. The van der Waals surface area contributed by atoms with E-state index in [9.17, 15) is 14.7 Å². The first-order valence-electron chi connectivity index (χ1n) is 7.25. The number of carbonyl (C=O) groups excluding carboxylic acids is 2. The van der Waals surface area contributed by atoms with Crippen LogP contribution in [0.15, 0.2) is 0 Å². The Hall–Kier alpha value is -1.10. The number of hydrogen-bond donors (Lipinski definition) is 3. The monoisotopic (exact) mass is 268 g/mol. The second kappa shape index (κ2) is 5.90. The molecule has 1 saturated heterocycles. The van der Waals surface area contributed by atoms with Crippen LogP contribution < -0.4 is 10.6 Å². The highest BCUT2D eigenvalue weighted by Crippen LogP contribution is 2.31. The van der Waals surface area contributed by atoms with Gasteiger partial charge in [-0.2, -0.15) is 0 Å². The van der Waals surface area contributed by atoms with Crippen LogP contribution in [0, 0.1) is 11.8 Å². The maximum atomic E-state index is 12.0. The molecule has 108 valence electrons. The van der Waals surface area contributed by atoms with Crippen LogP contribution >= 0.6 is 0 Å². The fraction of sp³-hybridized carbons (Fsp3) is 0.857. The third kappa shape index (κ3) is 3.93. The number of hydrogen-bond acceptors (Lipinski definition) is 3. The van der Waals surface area contributed by atoms with Crippen molar-refractivity contribution in [3.05, 3.63) is 0 Å². The number of amides is 2. The minimum absolute atomic E-state index is 0.0175. The van der Waals surface area contributed by atoms with Gasteiger partial charge in [0.25, 0.3) is 0 Å². The van der Waals surface area contributed by atoms with E-state index in [4.69, 9.17) is 0 Å². The Morgan fingerprint density at radius 3 is 2.68 bits per heavy atom. The first kappa shape index (κ1) is 14.3. The second-order valence-electron chi connectivity index (χ2n) is 6.16. The Morgan fingerprint density at radius 1 is 1.42 bits per heavy atom. The Labute approximate surface area is 114 Å². The number of rotatable bonds is 3. The molecular formula is C14H24N2O3. The minimum atomic E-state index is -0.736. The van der Waals surface area contributed by atoms with Gasteiger partial charge in [0.1, 0.15) is 0 Å². The highest BCUT2D eigenvalue weighted by atomic mass is 16.3. The molecule has 0 aromatic heterocycles. The lowest BCUT2D eigenvalue weighted by Gasteiger charge is -2.35. The van der Waals surface area contributed by atoms with Crippen molar-refractivity contribution < 1.29 is 14.7 Å². The summed E-state index contributed by atoms with van der Waals surface area (Å²) in [5, 5.41) is 15.9. The van der Waals surface area contributed by atoms with Crippen LogP contribution in [-0.4, -0.2) is 35.6 Å². The number of carbonyl (C=O) groups is 2. The van der Waals surface area contributed by atoms with E-state index >= 15 is 0 Å². The molecule has 0 aromatic rings. The molecule has 3 N–H and O–H groups in total. The zero-order valence-corrected chi connectivity index (χ0v) is 11.6. The zero-order valence-electron chi connectivity index (χ0n) is 11.6. The molecule has 2 rings (SSSR count). The van der Waals surface area contributed by atoms with Crippen molar-refractivity contribution in [3.8, 4) is 0 Å². The van der Waals surface area contributed by atoms with E-state index in [1.807, 2.05) is 0 Å². The molecule has 1 heterocycles. The molecule has 1 aliphatic heterocycles. The Morgan fingerprint density at radius 2 is 2.11 bits per heavy atom. The standard InChI is InChI=1S/C14H24N2O3/c1-10-4-6-14(19,7-5-10)9-16-13(18)11-2-3-12(17)15-8-11/h10-11,19H,2-9H2,1H3,(H,15,17)(H,16,18). The summed E-state index contributed by atoms with van der Waals surface area (Å²) in [5.74, 6) is 0.490. The lowest BCUT2D eigenvalue weighted by Crippen LogP contribution is -2.49. The topological polar surface area (TPSA) is 78.4 Å². The Kier molecular flexibility index (Phi) is 4.45. The van der Waals surface area contributed by atoms with Crippen molar-refractivity contribution >= 4 is 11.8 Å². The Balaban J connectivity index is 1.75. The smallest absolute Gasteiger partial charge is 0.225 e. The van der Waals surface area contributed by atoms with Gasteiger partial charge in [0.05, 0.1) is 11.5 Å². The average molecular weight is 268 g/mol. The minimum Gasteiger partial charge on any atom is -0.388 e. The maximum Gasteiger partial charge on any atom is 0.225 e. The lowest BCUT2D eigenvalue weighted by atomic mass is 9.79. The molecule has 2 amide bonds. The molecule has 0 aromatic carbocycles. The van der Waals surface area contributed by atoms with Crippen LogP contribution in [0.25, 0.3) is 0 Å². The molecule has 1 unspecified atom stereocenters. The highest BCUT2D eigenvalue weighted by Gasteiger charge is 2.33. The van der Waals surface area contributed by atoms with Gasteiger partial charge in [0, 0.05) is 19.5 Å². The SMILES string of the molecule is CC1CCC(O)(CNC(=O)C2CCC(=O)NC2)CC1. The van der Waals surface area contributed by atoms with Gasteiger partial charge in [-0.3, -0.25) is 9.59 Å². The van der Waals surface area contributed by atoms with Gasteiger partial charge in [0.15, 0.2) is 0 Å². The van der Waals surface area contributed by atoms with Gasteiger partial charge in [-0.15, -0.1) is 0 Å². The van der Waals surface area contributed by atoms with Crippen LogP contribution in [0.4, 0.5) is 0 Å². The summed E-state index contributed by atoms with van der Waals surface area (Å²) in [7, 11) is 0. The summed E-state index contributed by atoms with van der Waals surface area (Å²) >= 11 is 0. The van der Waals surface area contributed by atoms with Crippen LogP contribution in [0.5, 0.6) is 0 Å². The third-order valence-corrected chi connectivity index (χ3v) is 4.43. The van der Waals surface area contributed by atoms with Crippen LogP contribution in [0.1, 0.15) is 45.4 Å². The van der Waals surface area contributed by atoms with Gasteiger partial charge < -0.3 is 15.7 Å². The first-order chi connectivity index (χ1) is 8.98. The highest BCUT2D eigenvalue weighted by molar-refractivity contribution is 5.83. The summed E-state index contributed by atoms with van der Waals surface area (Å²) in [6, 6.07) is 0. The van der Waals surface area contributed by atoms with Crippen LogP contribution in [0.2, 0.25) is 0 Å². The van der Waals surface area contributed by atoms with Crippen molar-refractivity contribution in [1.82, 2.24) is 10.6 Å². The van der Waals surface area contributed by atoms with Gasteiger partial charge in [0.2, 0.25) is 11.8 Å². The van der Waals surface area contributed by atoms with Crippen molar-refractivity contribution in [2.24, 2.45) is 11.8 Å². The molecular weight excluding hydrogens is 244 g/mol. The Bertz CT molecular complexity index is 339. The molecule has 5 nitrogen and oxygen atoms in total.